The fourth-order valence-electron chi connectivity index (χ4n) is 1.81. The van der Waals surface area contributed by atoms with Gasteiger partial charge in [-0.2, -0.15) is 0 Å². The third-order valence-corrected chi connectivity index (χ3v) is 3.92. The Labute approximate surface area is 130 Å². The molecule has 1 aliphatic rings. The average molecular weight is 328 g/mol. The van der Waals surface area contributed by atoms with E-state index in [1.165, 1.54) is 6.07 Å². The largest absolute Gasteiger partial charge is 0.463 e. The summed E-state index contributed by atoms with van der Waals surface area (Å²) in [6, 6.07) is 2.79. The molecule has 118 valence electrons. The van der Waals surface area contributed by atoms with Gasteiger partial charge in [0.2, 0.25) is 0 Å². The van der Waals surface area contributed by atoms with Crippen LogP contribution in [0.4, 0.5) is 13.6 Å². The number of nitrogens with one attached hydrogen (secondary N) is 2. The first-order valence-corrected chi connectivity index (χ1v) is 7.51. The van der Waals surface area contributed by atoms with E-state index in [1.54, 1.807) is 6.92 Å². The van der Waals surface area contributed by atoms with E-state index in [-0.39, 0.29) is 29.4 Å². The number of hydrogen-bond donors (Lipinski definition) is 2. The second-order valence-corrected chi connectivity index (χ2v) is 5.37. The predicted molar refractivity (Wildman–Crippen MR) is 77.3 cm³/mol. The number of urea groups is 1. The molecule has 0 atom stereocenters. The highest BCUT2D eigenvalue weighted by Gasteiger charge is 2.23. The number of hydrogen-bond acceptors (Lipinski definition) is 4. The molecule has 0 bridgehead atoms. The Balaban J connectivity index is 2.15. The zero-order valence-electron chi connectivity index (χ0n) is 11.7. The third-order valence-electron chi connectivity index (χ3n) is 2.84. The van der Waals surface area contributed by atoms with Gasteiger partial charge in [-0.15, -0.1) is 11.8 Å². The third kappa shape index (κ3) is 3.97. The molecule has 0 aliphatic carbocycles. The highest BCUT2D eigenvalue weighted by molar-refractivity contribution is 7.99. The minimum Gasteiger partial charge on any atom is -0.463 e. The lowest BCUT2D eigenvalue weighted by Crippen LogP contribution is -2.44. The van der Waals surface area contributed by atoms with Crippen molar-refractivity contribution in [1.29, 1.82) is 0 Å². The van der Waals surface area contributed by atoms with Crippen LogP contribution in [0, 0.1) is 11.6 Å². The standard InChI is InChI=1S/C14H14F2N2O3S/c1-2-21-13(19)9-6-17-14(20)18-11(9)7-22-12-4-3-8(15)5-10(12)16/h3-5H,2,6-7H2,1H3,(H2,17,18,20). The maximum Gasteiger partial charge on any atom is 0.337 e. The molecule has 0 saturated heterocycles. The Hall–Kier alpha value is -2.09. The molecular formula is C14H14F2N2O3S. The topological polar surface area (TPSA) is 67.4 Å². The summed E-state index contributed by atoms with van der Waals surface area (Å²) < 4.78 is 31.4. The minimum atomic E-state index is -0.691. The Bertz CT molecular complexity index is 635. The molecular weight excluding hydrogens is 314 g/mol. The van der Waals surface area contributed by atoms with E-state index in [0.717, 1.165) is 23.9 Å². The van der Waals surface area contributed by atoms with E-state index in [1.807, 2.05) is 0 Å². The average Bonchev–Trinajstić information content (AvgIpc) is 2.46. The Morgan fingerprint density at radius 3 is 2.86 bits per heavy atom. The molecule has 22 heavy (non-hydrogen) atoms. The van der Waals surface area contributed by atoms with Gasteiger partial charge >= 0.3 is 12.0 Å². The SMILES string of the molecule is CCOC(=O)C1=C(CSc2ccc(F)cc2F)NC(=O)NC1. The van der Waals surface area contributed by atoms with Crippen LogP contribution in [-0.2, 0) is 9.53 Å². The van der Waals surface area contributed by atoms with Crippen LogP contribution < -0.4 is 10.6 Å². The van der Waals surface area contributed by atoms with E-state index in [2.05, 4.69) is 10.6 Å². The van der Waals surface area contributed by atoms with Crippen molar-refractivity contribution in [3.63, 3.8) is 0 Å². The van der Waals surface area contributed by atoms with Gasteiger partial charge in [-0.3, -0.25) is 0 Å². The molecule has 1 aromatic carbocycles. The highest BCUT2D eigenvalue weighted by atomic mass is 32.2. The number of halogens is 2. The maximum absolute atomic E-state index is 13.6. The van der Waals surface area contributed by atoms with Gasteiger partial charge < -0.3 is 15.4 Å². The monoisotopic (exact) mass is 328 g/mol. The molecule has 0 spiro atoms. The van der Waals surface area contributed by atoms with Crippen molar-refractivity contribution in [3.05, 3.63) is 41.1 Å². The van der Waals surface area contributed by atoms with Crippen LogP contribution in [0.5, 0.6) is 0 Å². The van der Waals surface area contributed by atoms with Crippen LogP contribution in [0.2, 0.25) is 0 Å². The lowest BCUT2D eigenvalue weighted by molar-refractivity contribution is -0.138. The number of thioether (sulfide) groups is 1. The van der Waals surface area contributed by atoms with Gasteiger partial charge in [-0.05, 0) is 19.1 Å². The Kier molecular flexibility index (Phi) is 5.37. The molecule has 0 unspecified atom stereocenters. The zero-order valence-corrected chi connectivity index (χ0v) is 12.6. The van der Waals surface area contributed by atoms with E-state index in [0.29, 0.717) is 5.70 Å². The van der Waals surface area contributed by atoms with Gasteiger partial charge in [0.05, 0.1) is 18.7 Å². The van der Waals surface area contributed by atoms with Gasteiger partial charge in [0.15, 0.2) is 0 Å². The number of carbonyl (C=O) groups excluding carboxylic acids is 2. The predicted octanol–water partition coefficient (Wildman–Crippen LogP) is 2.19. The van der Waals surface area contributed by atoms with E-state index >= 15 is 0 Å². The van der Waals surface area contributed by atoms with E-state index in [4.69, 9.17) is 4.74 Å². The zero-order chi connectivity index (χ0) is 16.1. The lowest BCUT2D eigenvalue weighted by atomic mass is 10.2. The first-order valence-electron chi connectivity index (χ1n) is 6.53. The molecule has 1 aliphatic heterocycles. The summed E-state index contributed by atoms with van der Waals surface area (Å²) in [6.45, 7) is 1.94. The van der Waals surface area contributed by atoms with Crippen LogP contribution in [-0.4, -0.2) is 30.9 Å². The molecule has 0 radical (unpaired) electrons. The van der Waals surface area contributed by atoms with Crippen LogP contribution >= 0.6 is 11.8 Å². The molecule has 2 amide bonds. The maximum atomic E-state index is 13.6. The molecule has 0 saturated carbocycles. The molecule has 2 rings (SSSR count). The first kappa shape index (κ1) is 16.3. The van der Waals surface area contributed by atoms with Gasteiger partial charge in [-0.1, -0.05) is 0 Å². The quantitative estimate of drug-likeness (QED) is 0.642. The normalized spacial score (nSPS) is 14.4. The van der Waals surface area contributed by atoms with Gasteiger partial charge in [0.1, 0.15) is 11.6 Å². The summed E-state index contributed by atoms with van der Waals surface area (Å²) in [5, 5.41) is 5.00. The van der Waals surface area contributed by atoms with Crippen LogP contribution in [0.1, 0.15) is 6.92 Å². The van der Waals surface area contributed by atoms with Crippen molar-refractivity contribution in [1.82, 2.24) is 10.6 Å². The summed E-state index contributed by atoms with van der Waals surface area (Å²) in [5.74, 6) is -1.73. The summed E-state index contributed by atoms with van der Waals surface area (Å²) in [4.78, 5) is 23.4. The van der Waals surface area contributed by atoms with Crippen molar-refractivity contribution >= 4 is 23.8 Å². The number of benzene rings is 1. The van der Waals surface area contributed by atoms with Crippen LogP contribution in [0.15, 0.2) is 34.4 Å². The van der Waals surface area contributed by atoms with Gasteiger partial charge in [-0.25, -0.2) is 18.4 Å². The Morgan fingerprint density at radius 2 is 2.18 bits per heavy atom. The molecule has 1 heterocycles. The molecule has 0 fully saturated rings. The summed E-state index contributed by atoms with van der Waals surface area (Å²) in [6.07, 6.45) is 0. The fraction of sp³-hybridized carbons (Fsp3) is 0.286. The molecule has 5 nitrogen and oxygen atoms in total. The number of ether oxygens (including phenoxy) is 1. The molecule has 1 aromatic rings. The van der Waals surface area contributed by atoms with Crippen LogP contribution in [0.25, 0.3) is 0 Å². The number of esters is 1. The number of carbonyl (C=O) groups is 2. The fourth-order valence-corrected chi connectivity index (χ4v) is 2.72. The van der Waals surface area contributed by atoms with E-state index in [9.17, 15) is 18.4 Å². The Morgan fingerprint density at radius 1 is 1.41 bits per heavy atom. The van der Waals surface area contributed by atoms with Gasteiger partial charge in [0, 0.05) is 22.4 Å². The van der Waals surface area contributed by atoms with E-state index < -0.39 is 23.6 Å². The number of amides is 2. The van der Waals surface area contributed by atoms with Crippen molar-refractivity contribution < 1.29 is 23.1 Å². The number of rotatable bonds is 5. The molecule has 2 N–H and O–H groups in total. The lowest BCUT2D eigenvalue weighted by Gasteiger charge is -2.21. The summed E-state index contributed by atoms with van der Waals surface area (Å²) in [7, 11) is 0. The molecule has 0 aromatic heterocycles. The van der Waals surface area contributed by atoms with Crippen molar-refractivity contribution in [2.24, 2.45) is 0 Å². The van der Waals surface area contributed by atoms with Crippen molar-refractivity contribution in [2.45, 2.75) is 11.8 Å². The second-order valence-electron chi connectivity index (χ2n) is 4.35. The van der Waals surface area contributed by atoms with Crippen LogP contribution in [0.3, 0.4) is 0 Å². The first-order chi connectivity index (χ1) is 10.5. The molecule has 8 heteroatoms. The van der Waals surface area contributed by atoms with Gasteiger partial charge in [0.25, 0.3) is 0 Å². The summed E-state index contributed by atoms with van der Waals surface area (Å²) in [5.41, 5.74) is 0.646. The highest BCUT2D eigenvalue weighted by Crippen LogP contribution is 2.25. The van der Waals surface area contributed by atoms with Crippen molar-refractivity contribution in [2.75, 3.05) is 18.9 Å². The smallest absolute Gasteiger partial charge is 0.337 e. The van der Waals surface area contributed by atoms with Crippen molar-refractivity contribution in [3.8, 4) is 0 Å². The summed E-state index contributed by atoms with van der Waals surface area (Å²) >= 11 is 1.05. The second kappa shape index (κ2) is 7.26. The minimum absolute atomic E-state index is 0.0481.